The number of hydrogen-bond donors (Lipinski definition) is 2. The zero-order chi connectivity index (χ0) is 13.8. The summed E-state index contributed by atoms with van der Waals surface area (Å²) < 4.78 is 10.6. The van der Waals surface area contributed by atoms with Gasteiger partial charge in [0.25, 0.3) is 0 Å². The van der Waals surface area contributed by atoms with Gasteiger partial charge < -0.3 is 20.9 Å². The van der Waals surface area contributed by atoms with Crippen LogP contribution in [-0.2, 0) is 0 Å². The van der Waals surface area contributed by atoms with Gasteiger partial charge in [-0.1, -0.05) is 0 Å². The second kappa shape index (κ2) is 5.10. The Labute approximate surface area is 109 Å². The summed E-state index contributed by atoms with van der Waals surface area (Å²) in [6.45, 7) is 0. The van der Waals surface area contributed by atoms with Crippen LogP contribution in [0.2, 0.25) is 0 Å². The molecule has 1 aromatic heterocycles. The van der Waals surface area contributed by atoms with Crippen molar-refractivity contribution in [3.8, 4) is 23.4 Å². The summed E-state index contributed by atoms with van der Waals surface area (Å²) in [6.07, 6.45) is 0. The summed E-state index contributed by atoms with van der Waals surface area (Å²) in [4.78, 5) is 7.61. The average Bonchev–Trinajstić information content (AvgIpc) is 2.37. The van der Waals surface area contributed by atoms with Crippen molar-refractivity contribution in [3.63, 3.8) is 0 Å². The molecule has 1 heterocycles. The SMILES string of the molecule is COc1cc(C#N)cc(Oc2cc(N)nc(N)n2)c1. The van der Waals surface area contributed by atoms with Gasteiger partial charge in [-0.05, 0) is 12.1 Å². The van der Waals surface area contributed by atoms with E-state index in [0.717, 1.165) is 0 Å². The second-order valence-electron chi connectivity index (χ2n) is 3.60. The van der Waals surface area contributed by atoms with Gasteiger partial charge in [0.2, 0.25) is 11.8 Å². The summed E-state index contributed by atoms with van der Waals surface area (Å²) in [6, 6.07) is 8.21. The quantitative estimate of drug-likeness (QED) is 0.850. The average molecular weight is 257 g/mol. The minimum absolute atomic E-state index is 0.0124. The van der Waals surface area contributed by atoms with E-state index in [4.69, 9.17) is 26.2 Å². The standard InChI is InChI=1S/C12H11N5O2/c1-18-8-2-7(6-13)3-9(4-8)19-11-5-10(14)16-12(15)17-11/h2-5H,1H3,(H4,14,15,16,17). The highest BCUT2D eigenvalue weighted by Gasteiger charge is 2.06. The molecule has 0 unspecified atom stereocenters. The molecule has 0 atom stereocenters. The zero-order valence-corrected chi connectivity index (χ0v) is 10.1. The third kappa shape index (κ3) is 3.01. The molecule has 4 N–H and O–H groups in total. The Bertz CT molecular complexity index is 631. The van der Waals surface area contributed by atoms with E-state index in [1.54, 1.807) is 18.2 Å². The van der Waals surface area contributed by atoms with E-state index in [-0.39, 0.29) is 17.6 Å². The number of rotatable bonds is 3. The summed E-state index contributed by atoms with van der Waals surface area (Å²) in [5.74, 6) is 1.31. The molecule has 1 aromatic carbocycles. The lowest BCUT2D eigenvalue weighted by Crippen LogP contribution is -2.01. The highest BCUT2D eigenvalue weighted by atomic mass is 16.5. The molecule has 19 heavy (non-hydrogen) atoms. The Hall–Kier alpha value is -3.01. The maximum absolute atomic E-state index is 8.91. The predicted molar refractivity (Wildman–Crippen MR) is 68.6 cm³/mol. The van der Waals surface area contributed by atoms with Crippen molar-refractivity contribution in [2.24, 2.45) is 0 Å². The second-order valence-corrected chi connectivity index (χ2v) is 3.60. The maximum Gasteiger partial charge on any atom is 0.226 e. The summed E-state index contributed by atoms with van der Waals surface area (Å²) in [5, 5.41) is 8.91. The summed E-state index contributed by atoms with van der Waals surface area (Å²) >= 11 is 0. The van der Waals surface area contributed by atoms with Gasteiger partial charge in [0.15, 0.2) is 0 Å². The normalized spacial score (nSPS) is 9.68. The van der Waals surface area contributed by atoms with E-state index in [2.05, 4.69) is 9.97 Å². The van der Waals surface area contributed by atoms with Crippen molar-refractivity contribution in [2.45, 2.75) is 0 Å². The first-order chi connectivity index (χ1) is 9.10. The van der Waals surface area contributed by atoms with Gasteiger partial charge in [0.05, 0.1) is 18.7 Å². The van der Waals surface area contributed by atoms with Crippen LogP contribution in [0.3, 0.4) is 0 Å². The van der Waals surface area contributed by atoms with Gasteiger partial charge in [-0.25, -0.2) is 0 Å². The monoisotopic (exact) mass is 257 g/mol. The van der Waals surface area contributed by atoms with Crippen LogP contribution in [0.5, 0.6) is 17.4 Å². The molecule has 96 valence electrons. The Kier molecular flexibility index (Phi) is 3.34. The molecule has 0 aliphatic heterocycles. The van der Waals surface area contributed by atoms with Crippen LogP contribution in [0.4, 0.5) is 11.8 Å². The van der Waals surface area contributed by atoms with E-state index in [9.17, 15) is 0 Å². The number of hydrogen-bond acceptors (Lipinski definition) is 7. The van der Waals surface area contributed by atoms with Crippen molar-refractivity contribution in [2.75, 3.05) is 18.6 Å². The molecule has 7 nitrogen and oxygen atoms in total. The maximum atomic E-state index is 8.91. The number of nitrogen functional groups attached to an aromatic ring is 2. The topological polar surface area (TPSA) is 120 Å². The van der Waals surface area contributed by atoms with E-state index >= 15 is 0 Å². The van der Waals surface area contributed by atoms with Gasteiger partial charge in [0.1, 0.15) is 17.3 Å². The molecule has 0 radical (unpaired) electrons. The fourth-order valence-electron chi connectivity index (χ4n) is 1.45. The number of anilines is 2. The molecule has 0 aliphatic rings. The largest absolute Gasteiger partial charge is 0.497 e. The van der Waals surface area contributed by atoms with Gasteiger partial charge in [-0.15, -0.1) is 0 Å². The number of ether oxygens (including phenoxy) is 2. The number of benzene rings is 1. The Morgan fingerprint density at radius 1 is 1.11 bits per heavy atom. The fraction of sp³-hybridized carbons (Fsp3) is 0.0833. The van der Waals surface area contributed by atoms with Crippen LogP contribution in [0.1, 0.15) is 5.56 Å². The van der Waals surface area contributed by atoms with Crippen molar-refractivity contribution in [1.29, 1.82) is 5.26 Å². The van der Waals surface area contributed by atoms with Crippen molar-refractivity contribution >= 4 is 11.8 Å². The first-order valence-electron chi connectivity index (χ1n) is 5.28. The molecule has 0 saturated heterocycles. The number of nitrogens with zero attached hydrogens (tertiary/aromatic N) is 3. The molecule has 0 aliphatic carbocycles. The molecule has 2 aromatic rings. The molecular weight excluding hydrogens is 246 g/mol. The Balaban J connectivity index is 2.35. The fourth-order valence-corrected chi connectivity index (χ4v) is 1.45. The number of nitrogens with two attached hydrogens (primary N) is 2. The first kappa shape index (κ1) is 12.4. The number of nitriles is 1. The van der Waals surface area contributed by atoms with Crippen molar-refractivity contribution < 1.29 is 9.47 Å². The van der Waals surface area contributed by atoms with Gasteiger partial charge in [-0.3, -0.25) is 0 Å². The van der Waals surface area contributed by atoms with Gasteiger partial charge >= 0.3 is 0 Å². The summed E-state index contributed by atoms with van der Waals surface area (Å²) in [5.41, 5.74) is 11.4. The number of methoxy groups -OCH3 is 1. The molecule has 0 fully saturated rings. The van der Waals surface area contributed by atoms with Crippen LogP contribution in [0.25, 0.3) is 0 Å². The lowest BCUT2D eigenvalue weighted by molar-refractivity contribution is 0.407. The van der Waals surface area contributed by atoms with E-state index < -0.39 is 0 Å². The minimum atomic E-state index is 0.0124. The van der Waals surface area contributed by atoms with Crippen LogP contribution < -0.4 is 20.9 Å². The molecule has 0 saturated carbocycles. The minimum Gasteiger partial charge on any atom is -0.497 e. The molecule has 0 spiro atoms. The van der Waals surface area contributed by atoms with Crippen LogP contribution in [0.15, 0.2) is 24.3 Å². The summed E-state index contributed by atoms with van der Waals surface area (Å²) in [7, 11) is 1.50. The predicted octanol–water partition coefficient (Wildman–Crippen LogP) is 1.31. The molecule has 0 bridgehead atoms. The van der Waals surface area contributed by atoms with Crippen LogP contribution >= 0.6 is 0 Å². The molecular formula is C12H11N5O2. The van der Waals surface area contributed by atoms with Crippen molar-refractivity contribution in [3.05, 3.63) is 29.8 Å². The van der Waals surface area contributed by atoms with Crippen molar-refractivity contribution in [1.82, 2.24) is 9.97 Å². The lowest BCUT2D eigenvalue weighted by Gasteiger charge is -2.08. The number of aromatic nitrogens is 2. The third-order valence-electron chi connectivity index (χ3n) is 2.21. The Morgan fingerprint density at radius 3 is 2.47 bits per heavy atom. The molecule has 0 amide bonds. The van der Waals surface area contributed by atoms with E-state index in [1.165, 1.54) is 13.2 Å². The lowest BCUT2D eigenvalue weighted by atomic mass is 10.2. The molecule has 2 rings (SSSR count). The van der Waals surface area contributed by atoms with Crippen LogP contribution in [0, 0.1) is 11.3 Å². The highest BCUT2D eigenvalue weighted by Crippen LogP contribution is 2.27. The van der Waals surface area contributed by atoms with Gasteiger partial charge in [0, 0.05) is 12.1 Å². The Morgan fingerprint density at radius 2 is 1.84 bits per heavy atom. The first-order valence-corrected chi connectivity index (χ1v) is 5.28. The van der Waals surface area contributed by atoms with Gasteiger partial charge in [-0.2, -0.15) is 15.2 Å². The highest BCUT2D eigenvalue weighted by molar-refractivity contribution is 5.46. The van der Waals surface area contributed by atoms with Crippen LogP contribution in [-0.4, -0.2) is 17.1 Å². The zero-order valence-electron chi connectivity index (χ0n) is 10.1. The van der Waals surface area contributed by atoms with E-state index in [0.29, 0.717) is 17.1 Å². The van der Waals surface area contributed by atoms with E-state index in [1.807, 2.05) is 6.07 Å². The molecule has 7 heteroatoms. The third-order valence-corrected chi connectivity index (χ3v) is 2.21. The smallest absolute Gasteiger partial charge is 0.226 e.